The maximum absolute atomic E-state index is 6.51. The van der Waals surface area contributed by atoms with Crippen molar-refractivity contribution in [2.24, 2.45) is 0 Å². The van der Waals surface area contributed by atoms with Crippen LogP contribution in [0.5, 0.6) is 0 Å². The highest BCUT2D eigenvalue weighted by atomic mass is 31.2. The molecule has 0 saturated heterocycles. The Hall–Kier alpha value is -0.805. The summed E-state index contributed by atoms with van der Waals surface area (Å²) < 4.78 is 0. The van der Waals surface area contributed by atoms with E-state index in [0.717, 1.165) is 18.7 Å². The molecular formula is C13H17BP. The zero-order valence-electron chi connectivity index (χ0n) is 9.10. The van der Waals surface area contributed by atoms with Gasteiger partial charge in [-0.25, -0.2) is 7.14 Å². The Morgan fingerprint density at radius 1 is 1.13 bits per heavy atom. The van der Waals surface area contributed by atoms with Crippen LogP contribution in [-0.2, 0) is 0 Å². The van der Waals surface area contributed by atoms with Crippen LogP contribution in [0.25, 0.3) is 0 Å². The SMILES string of the molecule is [B-][P+](CC=C)(CCC=C)c1ccccc1. The Morgan fingerprint density at radius 2 is 1.80 bits per heavy atom. The summed E-state index contributed by atoms with van der Waals surface area (Å²) in [4.78, 5) is 0. The van der Waals surface area contributed by atoms with Gasteiger partial charge in [0.05, 0.1) is 0 Å². The summed E-state index contributed by atoms with van der Waals surface area (Å²) in [6, 6.07) is 10.4. The largest absolute Gasteiger partial charge is 0.299 e. The first kappa shape index (κ1) is 12.3. The van der Waals surface area contributed by atoms with Crippen molar-refractivity contribution in [2.75, 3.05) is 12.3 Å². The first-order valence-electron chi connectivity index (χ1n) is 5.16. The van der Waals surface area contributed by atoms with E-state index >= 15 is 0 Å². The van der Waals surface area contributed by atoms with E-state index in [0.29, 0.717) is 0 Å². The predicted molar refractivity (Wildman–Crippen MR) is 73.5 cm³/mol. The summed E-state index contributed by atoms with van der Waals surface area (Å²) in [5, 5.41) is 1.28. The summed E-state index contributed by atoms with van der Waals surface area (Å²) in [7, 11) is 4.98. The molecular weight excluding hydrogens is 198 g/mol. The quantitative estimate of drug-likeness (QED) is 0.388. The molecule has 2 heteroatoms. The number of benzene rings is 1. The van der Waals surface area contributed by atoms with Gasteiger partial charge >= 0.3 is 0 Å². The van der Waals surface area contributed by atoms with Crippen LogP contribution in [0.4, 0.5) is 0 Å². The van der Waals surface area contributed by atoms with Gasteiger partial charge in [0.1, 0.15) is 0 Å². The summed E-state index contributed by atoms with van der Waals surface area (Å²) in [5.74, 6) is 0. The van der Waals surface area contributed by atoms with Crippen LogP contribution in [0.15, 0.2) is 55.6 Å². The molecule has 1 unspecified atom stereocenters. The summed E-state index contributed by atoms with van der Waals surface area (Å²) in [6.07, 6.45) is 6.78. The van der Waals surface area contributed by atoms with Crippen LogP contribution in [0.2, 0.25) is 0 Å². The van der Waals surface area contributed by atoms with Crippen molar-refractivity contribution in [2.45, 2.75) is 6.42 Å². The van der Waals surface area contributed by atoms with Crippen LogP contribution < -0.4 is 5.30 Å². The summed E-state index contributed by atoms with van der Waals surface area (Å²) in [5.41, 5.74) is 0. The molecule has 0 amide bonds. The number of rotatable bonds is 6. The van der Waals surface area contributed by atoms with Crippen molar-refractivity contribution >= 4 is 20.0 Å². The Balaban J connectivity index is 2.89. The van der Waals surface area contributed by atoms with E-state index in [1.165, 1.54) is 5.30 Å². The minimum absolute atomic E-state index is 0.908. The molecule has 0 bridgehead atoms. The average molecular weight is 215 g/mol. The summed E-state index contributed by atoms with van der Waals surface area (Å²) >= 11 is 0. The molecule has 3 radical (unpaired) electrons. The molecule has 0 aliphatic heterocycles. The van der Waals surface area contributed by atoms with Crippen LogP contribution in [0.3, 0.4) is 0 Å². The normalized spacial score (nSPS) is 14.2. The van der Waals surface area contributed by atoms with Gasteiger partial charge in [0.15, 0.2) is 0 Å². The summed E-state index contributed by atoms with van der Waals surface area (Å²) in [6.45, 7) is 7.56. The first-order valence-corrected chi connectivity index (χ1v) is 7.39. The molecule has 0 fully saturated rings. The molecule has 0 nitrogen and oxygen atoms in total. The highest BCUT2D eigenvalue weighted by Crippen LogP contribution is 2.53. The maximum Gasteiger partial charge on any atom is 0.0421 e. The minimum Gasteiger partial charge on any atom is -0.299 e. The minimum atomic E-state index is -1.53. The van der Waals surface area contributed by atoms with Crippen LogP contribution in [0, 0.1) is 0 Å². The Kier molecular flexibility index (Phi) is 4.85. The van der Waals surface area contributed by atoms with E-state index in [1.54, 1.807) is 0 Å². The van der Waals surface area contributed by atoms with Gasteiger partial charge in [-0.15, -0.1) is 6.58 Å². The Labute approximate surface area is 94.8 Å². The van der Waals surface area contributed by atoms with Crippen molar-refractivity contribution in [1.82, 2.24) is 0 Å². The van der Waals surface area contributed by atoms with Gasteiger partial charge in [-0.1, -0.05) is 36.9 Å². The molecule has 0 spiro atoms. The van der Waals surface area contributed by atoms with Gasteiger partial charge in [0, 0.05) is 17.6 Å². The van der Waals surface area contributed by atoms with E-state index in [4.69, 9.17) is 7.57 Å². The Bertz CT molecular complexity index is 321. The third-order valence-electron chi connectivity index (χ3n) is 2.46. The van der Waals surface area contributed by atoms with E-state index in [9.17, 15) is 0 Å². The van der Waals surface area contributed by atoms with Crippen LogP contribution in [-0.4, -0.2) is 19.9 Å². The molecule has 0 N–H and O–H groups in total. The lowest BCUT2D eigenvalue weighted by atomic mass is 10.4. The molecule has 15 heavy (non-hydrogen) atoms. The van der Waals surface area contributed by atoms with Crippen molar-refractivity contribution in [3.05, 3.63) is 55.6 Å². The smallest absolute Gasteiger partial charge is 0.0421 e. The monoisotopic (exact) mass is 215 g/mol. The predicted octanol–water partition coefficient (Wildman–Crippen LogP) is 3.18. The van der Waals surface area contributed by atoms with E-state index in [1.807, 2.05) is 30.4 Å². The molecule has 1 rings (SSSR count). The average Bonchev–Trinajstić information content (AvgIpc) is 2.28. The van der Waals surface area contributed by atoms with Gasteiger partial charge in [-0.3, -0.25) is 7.57 Å². The van der Waals surface area contributed by atoms with Crippen molar-refractivity contribution in [3.63, 3.8) is 0 Å². The fraction of sp³-hybridized carbons (Fsp3) is 0.231. The van der Waals surface area contributed by atoms with Gasteiger partial charge in [0.25, 0.3) is 0 Å². The fourth-order valence-electron chi connectivity index (χ4n) is 1.60. The third kappa shape index (κ3) is 3.36. The second-order valence-corrected chi connectivity index (χ2v) is 7.04. The third-order valence-corrected chi connectivity index (χ3v) is 5.75. The lowest BCUT2D eigenvalue weighted by molar-refractivity contribution is 1.23. The van der Waals surface area contributed by atoms with Crippen molar-refractivity contribution in [1.29, 1.82) is 0 Å². The van der Waals surface area contributed by atoms with Gasteiger partial charge in [0.2, 0.25) is 0 Å². The standard InChI is InChI=1S/C13H17BP/c1-3-5-12-15(14,11-4-2)13-9-7-6-8-10-13/h3-4,6-10H,1-2,5,11-12H2. The topological polar surface area (TPSA) is 0 Å². The van der Waals surface area contributed by atoms with E-state index in [-0.39, 0.29) is 0 Å². The molecule has 0 aliphatic rings. The van der Waals surface area contributed by atoms with Gasteiger partial charge in [-0.2, -0.15) is 0 Å². The number of hydrogen-bond donors (Lipinski definition) is 0. The number of hydrogen-bond acceptors (Lipinski definition) is 0. The van der Waals surface area contributed by atoms with Crippen LogP contribution >= 0.6 is 7.14 Å². The lowest BCUT2D eigenvalue weighted by Gasteiger charge is -2.35. The van der Waals surface area contributed by atoms with E-state index in [2.05, 4.69) is 25.3 Å². The lowest BCUT2D eigenvalue weighted by Crippen LogP contribution is -2.16. The highest BCUT2D eigenvalue weighted by molar-refractivity contribution is 8.03. The molecule has 0 saturated carbocycles. The zero-order chi connectivity index (χ0) is 11.1. The molecule has 0 aromatic heterocycles. The fourth-order valence-corrected chi connectivity index (χ4v) is 4.12. The molecule has 77 valence electrons. The molecule has 1 aromatic rings. The van der Waals surface area contributed by atoms with Crippen molar-refractivity contribution in [3.8, 4) is 0 Å². The maximum atomic E-state index is 6.51. The Morgan fingerprint density at radius 3 is 2.33 bits per heavy atom. The first-order chi connectivity index (χ1) is 7.23. The van der Waals surface area contributed by atoms with Crippen molar-refractivity contribution < 1.29 is 0 Å². The van der Waals surface area contributed by atoms with Gasteiger partial charge in [-0.05, 0) is 18.6 Å². The van der Waals surface area contributed by atoms with Crippen LogP contribution in [0.1, 0.15) is 6.42 Å². The molecule has 0 aliphatic carbocycles. The molecule has 1 atom stereocenters. The van der Waals surface area contributed by atoms with E-state index < -0.39 is 7.14 Å². The molecule has 0 heterocycles. The zero-order valence-corrected chi connectivity index (χ0v) is 10.00. The van der Waals surface area contributed by atoms with Gasteiger partial charge < -0.3 is 0 Å². The second kappa shape index (κ2) is 5.93. The number of allylic oxidation sites excluding steroid dienone is 2. The highest BCUT2D eigenvalue weighted by Gasteiger charge is 2.18. The second-order valence-electron chi connectivity index (χ2n) is 3.64. The molecule has 1 aromatic carbocycles.